The van der Waals surface area contributed by atoms with Crippen molar-refractivity contribution in [3.63, 3.8) is 0 Å². The predicted molar refractivity (Wildman–Crippen MR) is 87.1 cm³/mol. The van der Waals surface area contributed by atoms with Gasteiger partial charge >= 0.3 is 6.03 Å². The SMILES string of the molecule is CCCc1nnc(NC(=O)NCC(O)Cc2ccccc2)s1. The second-order valence-corrected chi connectivity index (χ2v) is 5.99. The van der Waals surface area contributed by atoms with Crippen LogP contribution in [0.25, 0.3) is 0 Å². The van der Waals surface area contributed by atoms with E-state index >= 15 is 0 Å². The number of hydrogen-bond donors (Lipinski definition) is 3. The number of carbonyl (C=O) groups is 1. The maximum atomic E-state index is 11.7. The van der Waals surface area contributed by atoms with Crippen LogP contribution < -0.4 is 10.6 Å². The van der Waals surface area contributed by atoms with Crippen molar-refractivity contribution < 1.29 is 9.90 Å². The highest BCUT2D eigenvalue weighted by Crippen LogP contribution is 2.16. The van der Waals surface area contributed by atoms with Crippen LogP contribution in [-0.4, -0.2) is 34.0 Å². The van der Waals surface area contributed by atoms with Crippen molar-refractivity contribution in [1.29, 1.82) is 0 Å². The van der Waals surface area contributed by atoms with Gasteiger partial charge < -0.3 is 10.4 Å². The van der Waals surface area contributed by atoms with Gasteiger partial charge in [-0.3, -0.25) is 5.32 Å². The van der Waals surface area contributed by atoms with Gasteiger partial charge in [-0.1, -0.05) is 48.6 Å². The maximum Gasteiger partial charge on any atom is 0.321 e. The lowest BCUT2D eigenvalue weighted by Crippen LogP contribution is -2.36. The molecule has 2 aromatic rings. The molecule has 0 bridgehead atoms. The highest BCUT2D eigenvalue weighted by molar-refractivity contribution is 7.15. The first kappa shape index (κ1) is 16.4. The fourth-order valence-electron chi connectivity index (χ4n) is 1.93. The first-order chi connectivity index (χ1) is 10.7. The summed E-state index contributed by atoms with van der Waals surface area (Å²) < 4.78 is 0. The summed E-state index contributed by atoms with van der Waals surface area (Å²) in [6, 6.07) is 9.28. The molecule has 7 heteroatoms. The van der Waals surface area contributed by atoms with E-state index in [1.165, 1.54) is 11.3 Å². The maximum absolute atomic E-state index is 11.7. The van der Waals surface area contributed by atoms with E-state index in [0.29, 0.717) is 11.6 Å². The standard InChI is InChI=1S/C15H20N4O2S/c1-2-6-13-18-19-15(22-13)17-14(21)16-10-12(20)9-11-7-4-3-5-8-11/h3-5,7-8,12,20H,2,6,9-10H2,1H3,(H2,16,17,19,21). The lowest BCUT2D eigenvalue weighted by molar-refractivity contribution is 0.172. The molecule has 0 fully saturated rings. The van der Waals surface area contributed by atoms with Crippen LogP contribution in [0, 0.1) is 0 Å². The molecule has 2 rings (SSSR count). The van der Waals surface area contributed by atoms with Crippen LogP contribution in [0.5, 0.6) is 0 Å². The van der Waals surface area contributed by atoms with E-state index in [0.717, 1.165) is 23.4 Å². The van der Waals surface area contributed by atoms with Gasteiger partial charge in [0, 0.05) is 19.4 Å². The van der Waals surface area contributed by atoms with Gasteiger partial charge in [0.15, 0.2) is 0 Å². The van der Waals surface area contributed by atoms with Crippen LogP contribution in [0.2, 0.25) is 0 Å². The zero-order valence-corrected chi connectivity index (χ0v) is 13.3. The number of hydrogen-bond acceptors (Lipinski definition) is 5. The topological polar surface area (TPSA) is 87.1 Å². The van der Waals surface area contributed by atoms with Gasteiger partial charge in [-0.2, -0.15) is 0 Å². The van der Waals surface area contributed by atoms with Gasteiger partial charge in [-0.05, 0) is 12.0 Å². The number of aromatic nitrogens is 2. The van der Waals surface area contributed by atoms with Crippen molar-refractivity contribution in [3.8, 4) is 0 Å². The highest BCUT2D eigenvalue weighted by atomic mass is 32.1. The number of aliphatic hydroxyl groups is 1. The van der Waals surface area contributed by atoms with Gasteiger partial charge in [0.1, 0.15) is 5.01 Å². The van der Waals surface area contributed by atoms with Crippen LogP contribution in [0.4, 0.5) is 9.93 Å². The number of benzene rings is 1. The first-order valence-corrected chi connectivity index (χ1v) is 8.08. The van der Waals surface area contributed by atoms with Gasteiger partial charge in [0.2, 0.25) is 5.13 Å². The van der Waals surface area contributed by atoms with Gasteiger partial charge in [-0.15, -0.1) is 10.2 Å². The van der Waals surface area contributed by atoms with Crippen molar-refractivity contribution in [3.05, 3.63) is 40.9 Å². The number of urea groups is 1. The molecule has 22 heavy (non-hydrogen) atoms. The van der Waals surface area contributed by atoms with Crippen molar-refractivity contribution in [2.75, 3.05) is 11.9 Å². The molecule has 1 unspecified atom stereocenters. The second kappa shape index (κ2) is 8.45. The smallest absolute Gasteiger partial charge is 0.321 e. The molecule has 2 amide bonds. The molecular formula is C15H20N4O2S. The molecule has 1 aromatic carbocycles. The molecule has 0 aliphatic carbocycles. The number of aryl methyl sites for hydroxylation is 1. The van der Waals surface area contributed by atoms with E-state index in [2.05, 4.69) is 27.8 Å². The summed E-state index contributed by atoms with van der Waals surface area (Å²) in [6.07, 6.45) is 1.72. The molecule has 0 aliphatic rings. The highest BCUT2D eigenvalue weighted by Gasteiger charge is 2.10. The Kier molecular flexibility index (Phi) is 6.29. The predicted octanol–water partition coefficient (Wildman–Crippen LogP) is 2.22. The largest absolute Gasteiger partial charge is 0.391 e. The second-order valence-electron chi connectivity index (χ2n) is 4.93. The van der Waals surface area contributed by atoms with Gasteiger partial charge in [-0.25, -0.2) is 4.79 Å². The minimum Gasteiger partial charge on any atom is -0.391 e. The van der Waals surface area contributed by atoms with E-state index < -0.39 is 6.10 Å². The Morgan fingerprint density at radius 2 is 2.09 bits per heavy atom. The summed E-state index contributed by atoms with van der Waals surface area (Å²) >= 11 is 1.37. The normalized spacial score (nSPS) is 11.9. The molecule has 0 saturated heterocycles. The minimum absolute atomic E-state index is 0.182. The molecule has 1 aromatic heterocycles. The number of aliphatic hydroxyl groups excluding tert-OH is 1. The minimum atomic E-state index is -0.627. The van der Waals surface area contributed by atoms with Crippen LogP contribution in [0.1, 0.15) is 23.9 Å². The van der Waals surface area contributed by atoms with Gasteiger partial charge in [0.25, 0.3) is 0 Å². The molecule has 0 saturated carbocycles. The molecule has 0 radical (unpaired) electrons. The Morgan fingerprint density at radius 3 is 2.82 bits per heavy atom. The number of anilines is 1. The summed E-state index contributed by atoms with van der Waals surface area (Å²) in [5.74, 6) is 0. The fourth-order valence-corrected chi connectivity index (χ4v) is 2.77. The number of nitrogens with one attached hydrogen (secondary N) is 2. The third kappa shape index (κ3) is 5.42. The molecule has 1 atom stereocenters. The molecular weight excluding hydrogens is 300 g/mol. The Bertz CT molecular complexity index is 588. The van der Waals surface area contributed by atoms with E-state index in [1.807, 2.05) is 30.3 Å². The Morgan fingerprint density at radius 1 is 1.32 bits per heavy atom. The van der Waals surface area contributed by atoms with Gasteiger partial charge in [0.05, 0.1) is 6.10 Å². The zero-order valence-electron chi connectivity index (χ0n) is 12.5. The van der Waals surface area contributed by atoms with Crippen LogP contribution in [0.15, 0.2) is 30.3 Å². The Hall–Kier alpha value is -1.99. The summed E-state index contributed by atoms with van der Waals surface area (Å²) in [4.78, 5) is 11.7. The summed E-state index contributed by atoms with van der Waals surface area (Å²) in [7, 11) is 0. The van der Waals surface area contributed by atoms with E-state index in [1.54, 1.807) is 0 Å². The number of carbonyl (C=O) groups excluding carboxylic acids is 1. The first-order valence-electron chi connectivity index (χ1n) is 7.26. The third-order valence-electron chi connectivity index (χ3n) is 2.96. The van der Waals surface area contributed by atoms with Crippen LogP contribution in [-0.2, 0) is 12.8 Å². The average Bonchev–Trinajstić information content (AvgIpc) is 2.94. The lowest BCUT2D eigenvalue weighted by atomic mass is 10.1. The van der Waals surface area contributed by atoms with Crippen molar-refractivity contribution in [2.45, 2.75) is 32.3 Å². The van der Waals surface area contributed by atoms with Crippen molar-refractivity contribution in [1.82, 2.24) is 15.5 Å². The Labute approximate surface area is 133 Å². The molecule has 0 spiro atoms. The number of amides is 2. The molecule has 3 N–H and O–H groups in total. The number of rotatable bonds is 7. The van der Waals surface area contributed by atoms with Crippen LogP contribution in [0.3, 0.4) is 0 Å². The average molecular weight is 320 g/mol. The Balaban J connectivity index is 1.72. The quantitative estimate of drug-likeness (QED) is 0.730. The zero-order chi connectivity index (χ0) is 15.8. The number of nitrogens with zero attached hydrogens (tertiary/aromatic N) is 2. The summed E-state index contributed by atoms with van der Waals surface area (Å²) in [6.45, 7) is 2.25. The molecule has 6 nitrogen and oxygen atoms in total. The molecule has 0 aliphatic heterocycles. The van der Waals surface area contributed by atoms with Crippen molar-refractivity contribution in [2.24, 2.45) is 0 Å². The van der Waals surface area contributed by atoms with Crippen LogP contribution >= 0.6 is 11.3 Å². The fraction of sp³-hybridized carbons (Fsp3) is 0.400. The summed E-state index contributed by atoms with van der Waals surface area (Å²) in [5.41, 5.74) is 1.03. The third-order valence-corrected chi connectivity index (χ3v) is 3.86. The summed E-state index contributed by atoms with van der Waals surface area (Å²) in [5, 5.41) is 24.4. The van der Waals surface area contributed by atoms with Crippen molar-refractivity contribution >= 4 is 22.5 Å². The lowest BCUT2D eigenvalue weighted by Gasteiger charge is -2.11. The van der Waals surface area contributed by atoms with E-state index in [4.69, 9.17) is 0 Å². The van der Waals surface area contributed by atoms with E-state index in [9.17, 15) is 9.90 Å². The monoisotopic (exact) mass is 320 g/mol. The molecule has 1 heterocycles. The molecule has 118 valence electrons. The van der Waals surface area contributed by atoms with E-state index in [-0.39, 0.29) is 12.6 Å².